The Kier molecular flexibility index (Phi) is 17.6. The normalized spacial score (nSPS) is 10.0. The molecule has 1 aromatic heterocycles. The van der Waals surface area contributed by atoms with Crippen molar-refractivity contribution < 1.29 is 38.1 Å². The average molecular weight is 858 g/mol. The van der Waals surface area contributed by atoms with Crippen LogP contribution in [0.2, 0.25) is 0 Å². The Morgan fingerprint density at radius 3 is 2.27 bits per heavy atom. The number of nitrogens with one attached hydrogen (secondary N) is 1. The smallest absolute Gasteiger partial charge is 0.416 e. The zero-order valence-corrected chi connectivity index (χ0v) is 28.4. The van der Waals surface area contributed by atoms with Gasteiger partial charge in [0.2, 0.25) is 11.8 Å². The van der Waals surface area contributed by atoms with Crippen LogP contribution in [0.1, 0.15) is 46.6 Å². The Morgan fingerprint density at radius 2 is 1.73 bits per heavy atom. The SMILES string of the molecule is C=CCOC(=O)CN(CCN[C-]=O)C(=O)CCN(C(=O)OC(C)(C)C)c1ccc(OCc2ccc(OC)cc2)nn1.CC.[Fm]. The molecular weight excluding hydrogens is 815 g/mol. The first kappa shape index (κ1) is 38.3. The number of carbonyl (C=O) groups is 3. The molecule has 13 nitrogen and oxygen atoms in total. The Morgan fingerprint density at radius 1 is 1.05 bits per heavy atom. The summed E-state index contributed by atoms with van der Waals surface area (Å²) in [6.07, 6.45) is 2.00. The molecule has 3 amide bonds. The van der Waals surface area contributed by atoms with Crippen LogP contribution >= 0.6 is 0 Å². The van der Waals surface area contributed by atoms with Crippen LogP contribution in [0, 0.1) is 0 Å². The van der Waals surface area contributed by atoms with Gasteiger partial charge in [0.1, 0.15) is 31.1 Å². The second kappa shape index (κ2) is 20.2. The first-order valence-electron chi connectivity index (χ1n) is 13.8. The molecule has 0 radical (unpaired) electrons. The van der Waals surface area contributed by atoms with Gasteiger partial charge < -0.3 is 34.0 Å². The van der Waals surface area contributed by atoms with E-state index in [9.17, 15) is 19.2 Å². The molecular formula is C30H42FmN5O8-. The Bertz CT molecular complexity index is 1160. The molecule has 2 rings (SSSR count). The molecule has 0 atom stereocenters. The maximum Gasteiger partial charge on any atom is 0.416 e. The number of rotatable bonds is 16. The number of ether oxygens (including phenoxy) is 4. The van der Waals surface area contributed by atoms with Gasteiger partial charge in [0.25, 0.3) is 0 Å². The van der Waals surface area contributed by atoms with E-state index in [2.05, 4.69) is 22.1 Å². The van der Waals surface area contributed by atoms with Gasteiger partial charge >= 0.3 is 12.1 Å². The van der Waals surface area contributed by atoms with Gasteiger partial charge in [0, 0.05) is 32.1 Å². The fraction of sp³-hybridized carbons (Fsp3) is 0.467. The van der Waals surface area contributed by atoms with Crippen molar-refractivity contribution in [2.45, 2.75) is 53.2 Å². The molecule has 0 saturated heterocycles. The van der Waals surface area contributed by atoms with Crippen molar-refractivity contribution in [3.05, 3.63) is 54.6 Å². The second-order valence-electron chi connectivity index (χ2n) is 9.56. The van der Waals surface area contributed by atoms with E-state index in [0.717, 1.165) is 11.3 Å². The summed E-state index contributed by atoms with van der Waals surface area (Å²) in [5.74, 6) is -0.0142. The fourth-order valence-electron chi connectivity index (χ4n) is 3.28. The standard InChI is InChI=1S/C28H36N5O8.C2H6.Fm/c1-6-17-39-26(36)18-32(16-14-29-20-34)25(35)13-15-33(27(37)41-28(2,3)4)23-11-12-24(31-30-23)40-19-21-7-9-22(38-5)10-8-21;1-2;/h6-12H,1,13-19H2,2-5H3,(H,29,34);1-2H3;/q-1;;. The van der Waals surface area contributed by atoms with Gasteiger partial charge in [-0.15, -0.1) is 10.2 Å². The second-order valence-corrected chi connectivity index (χ2v) is 9.56. The maximum absolute atomic E-state index is 13.0. The molecule has 0 fully saturated rings. The number of aromatic nitrogens is 2. The number of methoxy groups -OCH3 is 1. The van der Waals surface area contributed by atoms with E-state index in [4.69, 9.17) is 18.9 Å². The number of hydrogen-bond acceptors (Lipinski definition) is 10. The predicted octanol–water partition coefficient (Wildman–Crippen LogP) is 3.44. The number of carbonyl (C=O) groups excluding carboxylic acids is 4. The molecule has 44 heavy (non-hydrogen) atoms. The number of esters is 1. The van der Waals surface area contributed by atoms with Crippen molar-refractivity contribution in [2.75, 3.05) is 44.8 Å². The molecule has 0 aliphatic rings. The summed E-state index contributed by atoms with van der Waals surface area (Å²) in [6, 6.07) is 10.4. The monoisotopic (exact) mass is 857 g/mol. The number of hydrogen-bond donors (Lipinski definition) is 1. The van der Waals surface area contributed by atoms with Gasteiger partial charge in [-0.25, -0.2) is 4.79 Å². The van der Waals surface area contributed by atoms with Gasteiger partial charge in [0.15, 0.2) is 5.82 Å². The number of anilines is 1. The Balaban J connectivity index is 0.00000603. The minimum Gasteiger partial charge on any atom is -0.528 e. The van der Waals surface area contributed by atoms with E-state index in [1.807, 2.05) is 38.1 Å². The van der Waals surface area contributed by atoms with Crippen LogP contribution in [0.15, 0.2) is 49.1 Å². The number of amides is 3. The van der Waals surface area contributed by atoms with Gasteiger partial charge in [-0.2, -0.15) is 6.41 Å². The molecule has 248 valence electrons. The summed E-state index contributed by atoms with van der Waals surface area (Å²) in [5.41, 5.74) is 0.0799. The minimum absolute atomic E-state index is 0. The summed E-state index contributed by atoms with van der Waals surface area (Å²) in [7, 11) is 1.59. The minimum atomic E-state index is -0.813. The topological polar surface area (TPSA) is 149 Å². The van der Waals surface area contributed by atoms with Gasteiger partial charge in [0.05, 0.1) is 7.11 Å². The third-order valence-electron chi connectivity index (χ3n) is 5.23. The maximum atomic E-state index is 13.0. The third-order valence-corrected chi connectivity index (χ3v) is 5.23. The third kappa shape index (κ3) is 14.3. The summed E-state index contributed by atoms with van der Waals surface area (Å²) < 4.78 is 21.3. The molecule has 0 spiro atoms. The van der Waals surface area contributed by atoms with Gasteiger partial charge in [-0.1, -0.05) is 38.6 Å². The van der Waals surface area contributed by atoms with E-state index in [0.29, 0.717) is 0 Å². The van der Waals surface area contributed by atoms with Crippen LogP contribution in [0.4, 0.5) is 10.6 Å². The van der Waals surface area contributed by atoms with Crippen LogP contribution in [0.25, 0.3) is 0 Å². The van der Waals surface area contributed by atoms with Crippen LogP contribution in [-0.4, -0.2) is 85.0 Å². The fourth-order valence-corrected chi connectivity index (χ4v) is 3.28. The molecule has 0 unspecified atom stereocenters. The molecule has 0 aliphatic heterocycles. The zero-order chi connectivity index (χ0) is 32.3. The van der Waals surface area contributed by atoms with Crippen molar-refractivity contribution in [3.63, 3.8) is 0 Å². The first-order chi connectivity index (χ1) is 20.6. The van der Waals surface area contributed by atoms with Crippen molar-refractivity contribution in [1.82, 2.24) is 20.4 Å². The number of nitrogens with zero attached hydrogens (tertiary/aromatic N) is 4. The van der Waals surface area contributed by atoms with Crippen LogP contribution in [0.5, 0.6) is 11.6 Å². The largest absolute Gasteiger partial charge is 0.528 e. The van der Waals surface area contributed by atoms with E-state index >= 15 is 0 Å². The molecule has 1 aromatic carbocycles. The number of benzene rings is 1. The quantitative estimate of drug-likeness (QED) is 0.0876. The van der Waals surface area contributed by atoms with Crippen LogP contribution < -0.4 is 19.7 Å². The zero-order valence-electron chi connectivity index (χ0n) is 26.0. The average Bonchev–Trinajstić information content (AvgIpc) is 2.99. The molecule has 2 aromatic rings. The van der Waals surface area contributed by atoms with Crippen molar-refractivity contribution >= 4 is 30.2 Å². The van der Waals surface area contributed by atoms with Gasteiger partial charge in [-0.05, 0) is 44.5 Å². The van der Waals surface area contributed by atoms with Crippen LogP contribution in [-0.2, 0) is 30.5 Å². The molecule has 0 bridgehead atoms. The van der Waals surface area contributed by atoms with E-state index in [1.165, 1.54) is 28.4 Å². The van der Waals surface area contributed by atoms with Crippen molar-refractivity contribution in [2.24, 2.45) is 0 Å². The molecule has 1 heterocycles. The Hall–Kier alpha value is -5.68. The predicted molar refractivity (Wildman–Crippen MR) is 160 cm³/mol. The molecule has 14 heteroatoms. The molecule has 1 N–H and O–H groups in total. The molecule has 0 aliphatic carbocycles. The Labute approximate surface area is 253 Å². The molecule has 0 saturated carbocycles. The summed E-state index contributed by atoms with van der Waals surface area (Å²) in [6.45, 7) is 12.5. The first-order valence-corrected chi connectivity index (χ1v) is 13.8. The van der Waals surface area contributed by atoms with E-state index in [-0.39, 0.29) is 57.5 Å². The van der Waals surface area contributed by atoms with Crippen molar-refractivity contribution in [3.8, 4) is 11.6 Å². The van der Waals surface area contributed by atoms with E-state index in [1.54, 1.807) is 33.9 Å². The summed E-state index contributed by atoms with van der Waals surface area (Å²) in [4.78, 5) is 51.1. The summed E-state index contributed by atoms with van der Waals surface area (Å²) >= 11 is 0. The van der Waals surface area contributed by atoms with Crippen molar-refractivity contribution in [1.29, 1.82) is 0 Å². The van der Waals surface area contributed by atoms with Crippen LogP contribution in [0.3, 0.4) is 0 Å². The summed E-state index contributed by atoms with van der Waals surface area (Å²) in [5, 5.41) is 10.5. The van der Waals surface area contributed by atoms with Gasteiger partial charge in [-0.3, -0.25) is 14.5 Å². The van der Waals surface area contributed by atoms with E-state index < -0.39 is 23.6 Å².